The molecule has 1 rings (SSSR count). The Morgan fingerprint density at radius 3 is 2.21 bits per heavy atom. The molecule has 1 fully saturated rings. The van der Waals surface area contributed by atoms with Crippen molar-refractivity contribution in [3.05, 3.63) is 0 Å². The van der Waals surface area contributed by atoms with E-state index in [1.165, 1.54) is 6.26 Å². The molecule has 0 N–H and O–H groups in total. The highest BCUT2D eigenvalue weighted by Crippen LogP contribution is 2.04. The van der Waals surface area contributed by atoms with E-state index in [0.717, 1.165) is 32.7 Å². The lowest BCUT2D eigenvalue weighted by molar-refractivity contribution is -0.133. The normalized spacial score (nSPS) is 18.0. The molecular weight excluding hydrogens is 266 g/mol. The third-order valence-electron chi connectivity index (χ3n) is 3.17. The minimum atomic E-state index is -2.86. The van der Waals surface area contributed by atoms with E-state index in [-0.39, 0.29) is 11.7 Å². The van der Waals surface area contributed by atoms with Crippen LogP contribution in [-0.2, 0) is 14.6 Å². The van der Waals surface area contributed by atoms with Crippen LogP contribution in [0.2, 0.25) is 0 Å². The molecule has 1 saturated heterocycles. The number of amides is 1. The lowest BCUT2D eigenvalue weighted by Gasteiger charge is -2.35. The van der Waals surface area contributed by atoms with Crippen LogP contribution < -0.4 is 0 Å². The Morgan fingerprint density at radius 1 is 1.16 bits per heavy atom. The maximum Gasteiger partial charge on any atom is 0.236 e. The Labute approximate surface area is 116 Å². The fourth-order valence-corrected chi connectivity index (χ4v) is 2.80. The van der Waals surface area contributed by atoms with Crippen LogP contribution in [0.5, 0.6) is 0 Å². The third kappa shape index (κ3) is 6.89. The van der Waals surface area contributed by atoms with Crippen LogP contribution >= 0.6 is 0 Å². The molecule has 19 heavy (non-hydrogen) atoms. The first-order valence-corrected chi connectivity index (χ1v) is 8.66. The summed E-state index contributed by atoms with van der Waals surface area (Å²) in [5.41, 5.74) is 0. The predicted octanol–water partition coefficient (Wildman–Crippen LogP) is -0.873. The number of hydrogen-bond acceptors (Lipinski definition) is 5. The maximum atomic E-state index is 11.8. The van der Waals surface area contributed by atoms with Crippen molar-refractivity contribution in [2.24, 2.45) is 0 Å². The summed E-state index contributed by atoms with van der Waals surface area (Å²) in [6.07, 6.45) is 1.94. The minimum Gasteiger partial charge on any atom is -0.339 e. The van der Waals surface area contributed by atoms with Crippen LogP contribution in [0.25, 0.3) is 0 Å². The van der Waals surface area contributed by atoms with Gasteiger partial charge in [0.15, 0.2) is 0 Å². The number of carbonyl (C=O) groups excluding carboxylic acids is 1. The fourth-order valence-electron chi connectivity index (χ4n) is 2.14. The summed E-state index contributed by atoms with van der Waals surface area (Å²) in [6.45, 7) is 4.40. The van der Waals surface area contributed by atoms with Crippen molar-refractivity contribution < 1.29 is 13.2 Å². The largest absolute Gasteiger partial charge is 0.339 e. The predicted molar refractivity (Wildman–Crippen MR) is 75.9 cm³/mol. The Morgan fingerprint density at radius 2 is 1.74 bits per heavy atom. The molecule has 1 aliphatic rings. The van der Waals surface area contributed by atoms with E-state index in [0.29, 0.717) is 13.0 Å². The van der Waals surface area contributed by atoms with Gasteiger partial charge in [-0.25, -0.2) is 8.42 Å². The second-order valence-electron chi connectivity index (χ2n) is 5.44. The average molecular weight is 291 g/mol. The molecular formula is C12H25N3O3S. The molecule has 0 saturated carbocycles. The monoisotopic (exact) mass is 291 g/mol. The number of nitrogens with zero attached hydrogens (tertiary/aromatic N) is 3. The van der Waals surface area contributed by atoms with Crippen LogP contribution in [0.4, 0.5) is 0 Å². The van der Waals surface area contributed by atoms with Gasteiger partial charge in [-0.15, -0.1) is 0 Å². The molecule has 0 aromatic rings. The zero-order valence-corrected chi connectivity index (χ0v) is 12.9. The van der Waals surface area contributed by atoms with E-state index in [9.17, 15) is 13.2 Å². The Kier molecular flexibility index (Phi) is 6.22. The van der Waals surface area contributed by atoms with Gasteiger partial charge < -0.3 is 9.80 Å². The number of sulfone groups is 1. The van der Waals surface area contributed by atoms with Crippen molar-refractivity contribution in [3.8, 4) is 0 Å². The summed E-state index contributed by atoms with van der Waals surface area (Å²) in [5, 5.41) is 0. The summed E-state index contributed by atoms with van der Waals surface area (Å²) < 4.78 is 22.1. The van der Waals surface area contributed by atoms with Gasteiger partial charge in [0.05, 0.1) is 12.3 Å². The van der Waals surface area contributed by atoms with Crippen molar-refractivity contribution in [1.29, 1.82) is 0 Å². The number of likely N-dealkylation sites (N-methyl/N-ethyl adjacent to an activating group) is 1. The molecule has 0 atom stereocenters. The SMILES string of the molecule is CN(C)CC(=O)N1CCN(CCCS(C)(=O)=O)CC1. The van der Waals surface area contributed by atoms with E-state index in [4.69, 9.17) is 0 Å². The van der Waals surface area contributed by atoms with Crippen LogP contribution in [0, 0.1) is 0 Å². The maximum absolute atomic E-state index is 11.8. The van der Waals surface area contributed by atoms with Gasteiger partial charge in [-0.05, 0) is 27.1 Å². The van der Waals surface area contributed by atoms with Gasteiger partial charge in [-0.3, -0.25) is 9.69 Å². The van der Waals surface area contributed by atoms with Crippen LogP contribution in [-0.4, -0.2) is 94.4 Å². The lowest BCUT2D eigenvalue weighted by atomic mass is 10.3. The number of piperazine rings is 1. The van der Waals surface area contributed by atoms with Gasteiger partial charge in [-0.1, -0.05) is 0 Å². The third-order valence-corrected chi connectivity index (χ3v) is 4.20. The molecule has 1 amide bonds. The number of hydrogen-bond donors (Lipinski definition) is 0. The summed E-state index contributed by atoms with van der Waals surface area (Å²) in [6, 6.07) is 0. The van der Waals surface area contributed by atoms with Gasteiger partial charge in [-0.2, -0.15) is 0 Å². The Balaban J connectivity index is 2.23. The van der Waals surface area contributed by atoms with Crippen molar-refractivity contribution in [3.63, 3.8) is 0 Å². The molecule has 112 valence electrons. The zero-order valence-electron chi connectivity index (χ0n) is 12.1. The highest BCUT2D eigenvalue weighted by atomic mass is 32.2. The first kappa shape index (κ1) is 16.4. The standard InChI is InChI=1S/C12H25N3O3S/c1-13(2)11-12(16)15-8-6-14(7-9-15)5-4-10-19(3,17)18/h4-11H2,1-3H3. The van der Waals surface area contributed by atoms with Crippen molar-refractivity contribution in [2.45, 2.75) is 6.42 Å². The van der Waals surface area contributed by atoms with Crippen LogP contribution in [0.15, 0.2) is 0 Å². The van der Waals surface area contributed by atoms with Gasteiger partial charge >= 0.3 is 0 Å². The van der Waals surface area contributed by atoms with E-state index in [2.05, 4.69) is 4.90 Å². The van der Waals surface area contributed by atoms with Crippen molar-refractivity contribution in [2.75, 3.05) is 65.4 Å². The first-order chi connectivity index (χ1) is 8.78. The lowest BCUT2D eigenvalue weighted by Crippen LogP contribution is -2.50. The fraction of sp³-hybridized carbons (Fsp3) is 0.917. The van der Waals surface area contributed by atoms with Gasteiger partial charge in [0.2, 0.25) is 5.91 Å². The van der Waals surface area contributed by atoms with E-state index >= 15 is 0 Å². The van der Waals surface area contributed by atoms with Crippen LogP contribution in [0.3, 0.4) is 0 Å². The van der Waals surface area contributed by atoms with E-state index in [1.807, 2.05) is 23.9 Å². The molecule has 1 heterocycles. The highest BCUT2D eigenvalue weighted by molar-refractivity contribution is 7.90. The molecule has 7 heteroatoms. The van der Waals surface area contributed by atoms with Gasteiger partial charge in [0, 0.05) is 32.4 Å². The van der Waals surface area contributed by atoms with Gasteiger partial charge in [0.25, 0.3) is 0 Å². The second-order valence-corrected chi connectivity index (χ2v) is 7.70. The molecule has 0 spiro atoms. The van der Waals surface area contributed by atoms with Crippen molar-refractivity contribution >= 4 is 15.7 Å². The van der Waals surface area contributed by atoms with Gasteiger partial charge in [0.1, 0.15) is 9.84 Å². The molecule has 0 unspecified atom stereocenters. The quantitative estimate of drug-likeness (QED) is 0.636. The Bertz CT molecular complexity index is 387. The second kappa shape index (κ2) is 7.21. The Hall–Kier alpha value is -0.660. The first-order valence-electron chi connectivity index (χ1n) is 6.60. The summed E-state index contributed by atoms with van der Waals surface area (Å²) in [5.74, 6) is 0.410. The topological polar surface area (TPSA) is 60.9 Å². The average Bonchev–Trinajstić information content (AvgIpc) is 2.27. The molecule has 0 aromatic carbocycles. The van der Waals surface area contributed by atoms with Crippen molar-refractivity contribution in [1.82, 2.24) is 14.7 Å². The summed E-state index contributed by atoms with van der Waals surface area (Å²) >= 11 is 0. The smallest absolute Gasteiger partial charge is 0.236 e. The van der Waals surface area contributed by atoms with Crippen LogP contribution in [0.1, 0.15) is 6.42 Å². The molecule has 0 bridgehead atoms. The summed E-state index contributed by atoms with van der Waals surface area (Å²) in [4.78, 5) is 17.8. The molecule has 0 aromatic heterocycles. The minimum absolute atomic E-state index is 0.167. The molecule has 0 aliphatic carbocycles. The molecule has 1 aliphatic heterocycles. The number of carbonyl (C=O) groups is 1. The van der Waals surface area contributed by atoms with E-state index in [1.54, 1.807) is 0 Å². The molecule has 6 nitrogen and oxygen atoms in total. The zero-order chi connectivity index (χ0) is 14.5. The van der Waals surface area contributed by atoms with E-state index < -0.39 is 9.84 Å². The molecule has 0 radical (unpaired) electrons. The summed E-state index contributed by atoms with van der Waals surface area (Å²) in [7, 11) is 0.917. The highest BCUT2D eigenvalue weighted by Gasteiger charge is 2.21. The number of rotatable bonds is 6.